The van der Waals surface area contributed by atoms with Gasteiger partial charge in [0.2, 0.25) is 0 Å². The number of imidazole rings is 1. The third-order valence-electron chi connectivity index (χ3n) is 6.71. The largest absolute Gasteiger partial charge is 0.396 e. The predicted octanol–water partition coefficient (Wildman–Crippen LogP) is 3.83. The average molecular weight is 476 g/mol. The number of fused-ring (bicyclic) bond motifs is 1. The van der Waals surface area contributed by atoms with Gasteiger partial charge in [-0.1, -0.05) is 19.1 Å². The number of benzene rings is 1. The first kappa shape index (κ1) is 23.5. The van der Waals surface area contributed by atoms with E-state index in [0.717, 1.165) is 65.2 Å². The van der Waals surface area contributed by atoms with Gasteiger partial charge in [-0.05, 0) is 61.8 Å². The molecule has 2 aliphatic rings. The zero-order chi connectivity index (χ0) is 24.4. The zero-order valence-electron chi connectivity index (χ0n) is 20.4. The number of rotatable bonds is 9. The monoisotopic (exact) mass is 475 g/mol. The van der Waals surface area contributed by atoms with Crippen LogP contribution in [0.2, 0.25) is 0 Å². The Morgan fingerprint density at radius 1 is 1.34 bits per heavy atom. The fourth-order valence-electron chi connectivity index (χ4n) is 4.33. The summed E-state index contributed by atoms with van der Waals surface area (Å²) in [5, 5.41) is 15.9. The summed E-state index contributed by atoms with van der Waals surface area (Å²) in [7, 11) is 0. The maximum atomic E-state index is 12.6. The van der Waals surface area contributed by atoms with Crippen LogP contribution in [0, 0.1) is 12.8 Å². The number of carbonyl (C=O) groups is 1. The molecule has 2 aromatic heterocycles. The molecule has 1 amide bonds. The first-order valence-electron chi connectivity index (χ1n) is 12.5. The molecule has 1 saturated carbocycles. The van der Waals surface area contributed by atoms with Crippen molar-refractivity contribution in [1.29, 1.82) is 0 Å². The van der Waals surface area contributed by atoms with Crippen LogP contribution in [0.15, 0.2) is 36.7 Å². The van der Waals surface area contributed by atoms with Gasteiger partial charge in [-0.25, -0.2) is 9.97 Å². The van der Waals surface area contributed by atoms with Gasteiger partial charge in [-0.2, -0.15) is 0 Å². The number of amides is 1. The lowest BCUT2D eigenvalue weighted by Gasteiger charge is -2.16. The van der Waals surface area contributed by atoms with Crippen molar-refractivity contribution in [3.63, 3.8) is 0 Å². The topological polar surface area (TPSA) is 101 Å². The highest BCUT2D eigenvalue weighted by atomic mass is 16.5. The highest BCUT2D eigenvalue weighted by Crippen LogP contribution is 2.29. The molecule has 0 spiro atoms. The van der Waals surface area contributed by atoms with Crippen molar-refractivity contribution in [2.45, 2.75) is 45.6 Å². The standard InChI is InChI=1S/C27H33N5O3/c1-17(16-33)7-10-28-25-26-29-14-24(32(26)15-23(31-25)19-8-11-35-12-9-19)20-3-6-22(18(2)13-20)27(34)30-21-4-5-21/h3,6,8,13-15,17,21,33H,4-5,7,9-12,16H2,1-2H3,(H,28,31)(H,30,34). The van der Waals surface area contributed by atoms with E-state index in [2.05, 4.69) is 27.2 Å². The van der Waals surface area contributed by atoms with Gasteiger partial charge >= 0.3 is 0 Å². The Hall–Kier alpha value is -3.23. The molecule has 184 valence electrons. The van der Waals surface area contributed by atoms with Crippen LogP contribution in [-0.4, -0.2) is 57.8 Å². The average Bonchev–Trinajstić information content (AvgIpc) is 3.58. The molecule has 0 bridgehead atoms. The van der Waals surface area contributed by atoms with Crippen molar-refractivity contribution in [3.8, 4) is 11.3 Å². The number of hydrogen-bond acceptors (Lipinski definition) is 6. The quantitative estimate of drug-likeness (QED) is 0.435. The van der Waals surface area contributed by atoms with E-state index in [-0.39, 0.29) is 18.4 Å². The van der Waals surface area contributed by atoms with Crippen LogP contribution in [0.4, 0.5) is 5.82 Å². The summed E-state index contributed by atoms with van der Waals surface area (Å²) in [6.45, 7) is 6.14. The lowest BCUT2D eigenvalue weighted by Crippen LogP contribution is -2.26. The summed E-state index contributed by atoms with van der Waals surface area (Å²) in [4.78, 5) is 22.2. The first-order chi connectivity index (χ1) is 17.0. The smallest absolute Gasteiger partial charge is 0.251 e. The van der Waals surface area contributed by atoms with Crippen molar-refractivity contribution in [2.75, 3.05) is 31.7 Å². The lowest BCUT2D eigenvalue weighted by atomic mass is 10.0. The first-order valence-corrected chi connectivity index (χ1v) is 12.5. The number of anilines is 1. The Morgan fingerprint density at radius 2 is 2.20 bits per heavy atom. The molecular formula is C27H33N5O3. The summed E-state index contributed by atoms with van der Waals surface area (Å²) < 4.78 is 7.58. The molecule has 0 radical (unpaired) electrons. The number of carbonyl (C=O) groups excluding carboxylic acids is 1. The van der Waals surface area contributed by atoms with E-state index in [9.17, 15) is 9.90 Å². The van der Waals surface area contributed by atoms with E-state index < -0.39 is 0 Å². The Morgan fingerprint density at radius 3 is 2.91 bits per heavy atom. The number of hydrogen-bond donors (Lipinski definition) is 3. The van der Waals surface area contributed by atoms with E-state index >= 15 is 0 Å². The molecule has 5 rings (SSSR count). The minimum atomic E-state index is -0.00349. The van der Waals surface area contributed by atoms with Gasteiger partial charge in [-0.15, -0.1) is 0 Å². The van der Waals surface area contributed by atoms with Crippen LogP contribution >= 0.6 is 0 Å². The van der Waals surface area contributed by atoms with E-state index in [0.29, 0.717) is 31.4 Å². The number of nitrogens with one attached hydrogen (secondary N) is 2. The summed E-state index contributed by atoms with van der Waals surface area (Å²) >= 11 is 0. The van der Waals surface area contributed by atoms with Gasteiger partial charge in [0.25, 0.3) is 5.91 Å². The van der Waals surface area contributed by atoms with Crippen molar-refractivity contribution < 1.29 is 14.6 Å². The van der Waals surface area contributed by atoms with Gasteiger partial charge in [0.15, 0.2) is 11.5 Å². The van der Waals surface area contributed by atoms with Crippen LogP contribution in [-0.2, 0) is 4.74 Å². The van der Waals surface area contributed by atoms with Gasteiger partial charge in [-0.3, -0.25) is 9.20 Å². The van der Waals surface area contributed by atoms with E-state index in [1.807, 2.05) is 38.4 Å². The van der Waals surface area contributed by atoms with Crippen molar-refractivity contribution in [1.82, 2.24) is 19.7 Å². The third-order valence-corrected chi connectivity index (χ3v) is 6.71. The predicted molar refractivity (Wildman–Crippen MR) is 136 cm³/mol. The molecule has 3 aromatic rings. The highest BCUT2D eigenvalue weighted by molar-refractivity contribution is 5.96. The molecule has 1 aliphatic heterocycles. The zero-order valence-corrected chi connectivity index (χ0v) is 20.4. The van der Waals surface area contributed by atoms with E-state index in [1.54, 1.807) is 0 Å². The molecular weight excluding hydrogens is 442 g/mol. The van der Waals surface area contributed by atoms with Crippen molar-refractivity contribution in [3.05, 3.63) is 53.5 Å². The second kappa shape index (κ2) is 10.2. The molecule has 35 heavy (non-hydrogen) atoms. The molecule has 1 fully saturated rings. The van der Waals surface area contributed by atoms with Gasteiger partial charge in [0.1, 0.15) is 0 Å². The number of aryl methyl sites for hydroxylation is 1. The molecule has 1 aromatic carbocycles. The highest BCUT2D eigenvalue weighted by Gasteiger charge is 2.24. The molecule has 1 aliphatic carbocycles. The molecule has 8 nitrogen and oxygen atoms in total. The molecule has 1 atom stereocenters. The molecule has 3 heterocycles. The minimum absolute atomic E-state index is 0.00349. The fourth-order valence-corrected chi connectivity index (χ4v) is 4.33. The third kappa shape index (κ3) is 5.23. The molecule has 1 unspecified atom stereocenters. The second-order valence-corrected chi connectivity index (χ2v) is 9.65. The summed E-state index contributed by atoms with van der Waals surface area (Å²) in [5.74, 6) is 0.938. The fraction of sp³-hybridized carbons (Fsp3) is 0.444. The number of aliphatic hydroxyl groups excluding tert-OH is 1. The van der Waals surface area contributed by atoms with Gasteiger partial charge in [0, 0.05) is 36.5 Å². The molecule has 8 heteroatoms. The van der Waals surface area contributed by atoms with Crippen LogP contribution in [0.5, 0.6) is 0 Å². The van der Waals surface area contributed by atoms with Crippen LogP contribution in [0.3, 0.4) is 0 Å². The molecule has 0 saturated heterocycles. The molecule has 3 N–H and O–H groups in total. The van der Waals surface area contributed by atoms with Crippen LogP contribution in [0.1, 0.15) is 54.2 Å². The Bertz CT molecular complexity index is 1260. The maximum absolute atomic E-state index is 12.6. The lowest BCUT2D eigenvalue weighted by molar-refractivity contribution is 0.0950. The second-order valence-electron chi connectivity index (χ2n) is 9.65. The number of ether oxygens (including phenoxy) is 1. The Labute approximate surface area is 205 Å². The van der Waals surface area contributed by atoms with E-state index in [4.69, 9.17) is 14.7 Å². The van der Waals surface area contributed by atoms with Crippen LogP contribution < -0.4 is 10.6 Å². The van der Waals surface area contributed by atoms with Crippen molar-refractivity contribution in [2.24, 2.45) is 5.92 Å². The minimum Gasteiger partial charge on any atom is -0.396 e. The summed E-state index contributed by atoms with van der Waals surface area (Å²) in [6.07, 6.45) is 9.77. The normalized spacial score (nSPS) is 16.7. The van der Waals surface area contributed by atoms with E-state index in [1.165, 1.54) is 0 Å². The number of aromatic nitrogens is 3. The van der Waals surface area contributed by atoms with Crippen LogP contribution in [0.25, 0.3) is 22.5 Å². The SMILES string of the molecule is Cc1cc(-c2cnc3c(NCCC(C)CO)nc(C4=CCOCC4)cn23)ccc1C(=O)NC1CC1. The summed E-state index contributed by atoms with van der Waals surface area (Å²) in [5.41, 5.74) is 6.40. The Kier molecular flexibility index (Phi) is 6.83. The number of aliphatic hydroxyl groups is 1. The van der Waals surface area contributed by atoms with Gasteiger partial charge < -0.3 is 20.5 Å². The summed E-state index contributed by atoms with van der Waals surface area (Å²) in [6, 6.07) is 6.27. The van der Waals surface area contributed by atoms with Crippen molar-refractivity contribution >= 4 is 22.9 Å². The Balaban J connectivity index is 1.51. The van der Waals surface area contributed by atoms with Gasteiger partial charge in [0.05, 0.1) is 30.8 Å². The number of nitrogens with zero attached hydrogens (tertiary/aromatic N) is 3. The maximum Gasteiger partial charge on any atom is 0.251 e.